The van der Waals surface area contributed by atoms with E-state index in [0.717, 1.165) is 0 Å². The largest absolute Gasteiger partial charge is 0.228 e. The molecular weight excluding hydrogens is 296 g/mol. The predicted molar refractivity (Wildman–Crippen MR) is 99.7 cm³/mol. The molecule has 0 heterocycles. The molecule has 0 saturated carbocycles. The number of aryl methyl sites for hydroxylation is 2. The molecule has 2 atom stereocenters. The van der Waals surface area contributed by atoms with Gasteiger partial charge in [0.2, 0.25) is 0 Å². The Morgan fingerprint density at radius 3 is 1.21 bits per heavy atom. The molecule has 0 aromatic heterocycles. The molecule has 0 fully saturated rings. The fraction of sp³-hybridized carbons (Fsp3) is 0.455. The van der Waals surface area contributed by atoms with Crippen LogP contribution in [-0.2, 0) is 9.78 Å². The van der Waals surface area contributed by atoms with Crippen molar-refractivity contribution in [3.63, 3.8) is 0 Å². The highest BCUT2D eigenvalue weighted by molar-refractivity contribution is 5.29. The molecule has 130 valence electrons. The lowest BCUT2D eigenvalue weighted by atomic mass is 9.95. The minimum absolute atomic E-state index is 0.0727. The minimum atomic E-state index is -0.0727. The van der Waals surface area contributed by atoms with Gasteiger partial charge in [0, 0.05) is 0 Å². The molecule has 0 bridgehead atoms. The minimum Gasteiger partial charge on any atom is -0.228 e. The van der Waals surface area contributed by atoms with E-state index < -0.39 is 0 Å². The SMILES string of the molecule is Cc1ccccc1C(OOC(c1ccccc1C)C(C)C)C(C)C. The normalized spacial score (nSPS) is 14.2. The maximum absolute atomic E-state index is 6.00. The average Bonchev–Trinajstić information content (AvgIpc) is 2.53. The zero-order valence-electron chi connectivity index (χ0n) is 15.7. The molecule has 0 aliphatic heterocycles. The molecule has 2 nitrogen and oxygen atoms in total. The summed E-state index contributed by atoms with van der Waals surface area (Å²) in [7, 11) is 0. The van der Waals surface area contributed by atoms with E-state index in [2.05, 4.69) is 90.1 Å². The molecule has 0 N–H and O–H groups in total. The van der Waals surface area contributed by atoms with E-state index in [1.807, 2.05) is 0 Å². The van der Waals surface area contributed by atoms with Gasteiger partial charge in [0.1, 0.15) is 12.2 Å². The van der Waals surface area contributed by atoms with Crippen molar-refractivity contribution < 1.29 is 9.78 Å². The first-order valence-electron chi connectivity index (χ1n) is 8.85. The van der Waals surface area contributed by atoms with Gasteiger partial charge in [-0.3, -0.25) is 0 Å². The summed E-state index contributed by atoms with van der Waals surface area (Å²) in [4.78, 5) is 12.0. The van der Waals surface area contributed by atoms with Crippen LogP contribution in [-0.4, -0.2) is 0 Å². The second-order valence-corrected chi connectivity index (χ2v) is 7.23. The highest BCUT2D eigenvalue weighted by Crippen LogP contribution is 2.34. The first-order chi connectivity index (χ1) is 11.4. The van der Waals surface area contributed by atoms with Gasteiger partial charge < -0.3 is 0 Å². The first kappa shape index (κ1) is 18.7. The molecule has 2 aromatic rings. The van der Waals surface area contributed by atoms with Crippen molar-refractivity contribution >= 4 is 0 Å². The Labute approximate surface area is 146 Å². The van der Waals surface area contributed by atoms with Crippen LogP contribution in [0, 0.1) is 25.7 Å². The van der Waals surface area contributed by atoms with E-state index in [0.29, 0.717) is 11.8 Å². The van der Waals surface area contributed by atoms with Crippen LogP contribution in [0.5, 0.6) is 0 Å². The lowest BCUT2D eigenvalue weighted by Gasteiger charge is -2.28. The average molecular weight is 326 g/mol. The summed E-state index contributed by atoms with van der Waals surface area (Å²) in [6, 6.07) is 16.7. The van der Waals surface area contributed by atoms with Gasteiger partial charge in [0.05, 0.1) is 0 Å². The Morgan fingerprint density at radius 2 is 0.917 bits per heavy atom. The summed E-state index contributed by atoms with van der Waals surface area (Å²) >= 11 is 0. The highest BCUT2D eigenvalue weighted by Gasteiger charge is 2.25. The summed E-state index contributed by atoms with van der Waals surface area (Å²) in [5.74, 6) is 0.659. The van der Waals surface area contributed by atoms with Crippen LogP contribution in [0.15, 0.2) is 48.5 Å². The van der Waals surface area contributed by atoms with Crippen molar-refractivity contribution in [3.05, 3.63) is 70.8 Å². The van der Waals surface area contributed by atoms with Crippen LogP contribution in [0.25, 0.3) is 0 Å². The molecule has 2 heteroatoms. The van der Waals surface area contributed by atoms with Gasteiger partial charge in [-0.05, 0) is 47.9 Å². The third-order valence-corrected chi connectivity index (χ3v) is 4.46. The monoisotopic (exact) mass is 326 g/mol. The van der Waals surface area contributed by atoms with Gasteiger partial charge in [-0.2, -0.15) is 0 Å². The van der Waals surface area contributed by atoms with Crippen molar-refractivity contribution in [2.24, 2.45) is 11.8 Å². The smallest absolute Gasteiger partial charge is 0.120 e. The van der Waals surface area contributed by atoms with Crippen molar-refractivity contribution in [2.75, 3.05) is 0 Å². The summed E-state index contributed by atoms with van der Waals surface area (Å²) in [6.45, 7) is 12.9. The second-order valence-electron chi connectivity index (χ2n) is 7.23. The van der Waals surface area contributed by atoms with Crippen molar-refractivity contribution in [1.82, 2.24) is 0 Å². The molecule has 2 unspecified atom stereocenters. The molecule has 24 heavy (non-hydrogen) atoms. The lowest BCUT2D eigenvalue weighted by Crippen LogP contribution is -2.18. The zero-order valence-corrected chi connectivity index (χ0v) is 15.7. The molecule has 0 amide bonds. The van der Waals surface area contributed by atoms with Crippen LogP contribution < -0.4 is 0 Å². The van der Waals surface area contributed by atoms with Crippen LogP contribution in [0.1, 0.15) is 62.2 Å². The number of rotatable bonds is 7. The van der Waals surface area contributed by atoms with Gasteiger partial charge in [-0.1, -0.05) is 76.2 Å². The molecule has 0 saturated heterocycles. The summed E-state index contributed by atoms with van der Waals surface area (Å²) in [5.41, 5.74) is 4.85. The maximum atomic E-state index is 6.00. The van der Waals surface area contributed by atoms with Gasteiger partial charge in [-0.15, -0.1) is 0 Å². The Balaban J connectivity index is 2.21. The first-order valence-corrected chi connectivity index (χ1v) is 8.85. The van der Waals surface area contributed by atoms with E-state index in [4.69, 9.17) is 9.78 Å². The zero-order chi connectivity index (χ0) is 17.7. The number of hydrogen-bond donors (Lipinski definition) is 0. The molecule has 0 radical (unpaired) electrons. The van der Waals surface area contributed by atoms with Gasteiger partial charge in [0.15, 0.2) is 0 Å². The van der Waals surface area contributed by atoms with Gasteiger partial charge in [0.25, 0.3) is 0 Å². The van der Waals surface area contributed by atoms with Crippen LogP contribution in [0.2, 0.25) is 0 Å². The number of benzene rings is 2. The maximum Gasteiger partial charge on any atom is 0.120 e. The summed E-state index contributed by atoms with van der Waals surface area (Å²) < 4.78 is 0. The fourth-order valence-corrected chi connectivity index (χ4v) is 2.98. The standard InChI is InChI=1S/C22H30O2/c1-15(2)21(19-13-9-7-11-17(19)5)23-24-22(16(3)4)20-14-10-8-12-18(20)6/h7-16,21-22H,1-6H3. The summed E-state index contributed by atoms with van der Waals surface area (Å²) in [5, 5.41) is 0. The van der Waals surface area contributed by atoms with Crippen LogP contribution in [0.3, 0.4) is 0 Å². The molecular formula is C22H30O2. The van der Waals surface area contributed by atoms with E-state index in [-0.39, 0.29) is 12.2 Å². The van der Waals surface area contributed by atoms with Crippen LogP contribution in [0.4, 0.5) is 0 Å². The van der Waals surface area contributed by atoms with E-state index in [1.165, 1.54) is 22.3 Å². The third kappa shape index (κ3) is 4.46. The Bertz CT molecular complexity index is 588. The van der Waals surface area contributed by atoms with Gasteiger partial charge in [-0.25, -0.2) is 9.78 Å². The fourth-order valence-electron chi connectivity index (χ4n) is 2.98. The summed E-state index contributed by atoms with van der Waals surface area (Å²) in [6.07, 6.45) is -0.145. The second kappa shape index (κ2) is 8.46. The van der Waals surface area contributed by atoms with E-state index in [1.54, 1.807) is 0 Å². The van der Waals surface area contributed by atoms with E-state index in [9.17, 15) is 0 Å². The molecule has 0 aliphatic rings. The molecule has 2 rings (SSSR count). The third-order valence-electron chi connectivity index (χ3n) is 4.46. The quantitative estimate of drug-likeness (QED) is 0.436. The molecule has 0 spiro atoms. The van der Waals surface area contributed by atoms with Gasteiger partial charge >= 0.3 is 0 Å². The lowest BCUT2D eigenvalue weighted by molar-refractivity contribution is -0.370. The van der Waals surface area contributed by atoms with Crippen LogP contribution >= 0.6 is 0 Å². The van der Waals surface area contributed by atoms with Crippen molar-refractivity contribution in [2.45, 2.75) is 53.8 Å². The molecule has 0 aliphatic carbocycles. The Morgan fingerprint density at radius 1 is 0.583 bits per heavy atom. The Hall–Kier alpha value is -1.64. The highest BCUT2D eigenvalue weighted by atomic mass is 17.2. The van der Waals surface area contributed by atoms with E-state index >= 15 is 0 Å². The van der Waals surface area contributed by atoms with Crippen molar-refractivity contribution in [3.8, 4) is 0 Å². The number of hydrogen-bond acceptors (Lipinski definition) is 2. The molecule has 2 aromatic carbocycles. The predicted octanol–water partition coefficient (Wildman–Crippen LogP) is 6.35. The topological polar surface area (TPSA) is 18.5 Å². The Kier molecular flexibility index (Phi) is 6.59. The van der Waals surface area contributed by atoms with Crippen molar-refractivity contribution in [1.29, 1.82) is 0 Å².